The zero-order valence-electron chi connectivity index (χ0n) is 15.8. The van der Waals surface area contributed by atoms with Crippen LogP contribution in [0.15, 0.2) is 30.6 Å². The number of hydrogen-bond donors (Lipinski definition) is 2. The summed E-state index contributed by atoms with van der Waals surface area (Å²) in [6.45, 7) is 4.28. The fourth-order valence-corrected chi connectivity index (χ4v) is 4.21. The molecule has 3 N–H and O–H groups in total. The highest BCUT2D eigenvalue weighted by atomic mass is 32.2. The van der Waals surface area contributed by atoms with Crippen LogP contribution in [-0.2, 0) is 16.6 Å². The molecule has 0 saturated heterocycles. The molecule has 0 amide bonds. The van der Waals surface area contributed by atoms with Gasteiger partial charge in [0.1, 0.15) is 22.7 Å². The minimum Gasteiger partial charge on any atom is -0.382 e. The van der Waals surface area contributed by atoms with E-state index in [2.05, 4.69) is 20.1 Å². The molecule has 0 atom stereocenters. The number of anilines is 1. The number of nitrogens with one attached hydrogen (secondary N) is 1. The van der Waals surface area contributed by atoms with Crippen molar-refractivity contribution in [2.45, 2.75) is 20.4 Å². The first-order valence-electron chi connectivity index (χ1n) is 8.81. The van der Waals surface area contributed by atoms with Gasteiger partial charge in [0.05, 0.1) is 24.0 Å². The Labute approximate surface area is 162 Å². The third kappa shape index (κ3) is 3.10. The summed E-state index contributed by atoms with van der Waals surface area (Å²) in [5.41, 5.74) is 10.0. The van der Waals surface area contributed by atoms with Crippen LogP contribution in [0.4, 0.5) is 5.82 Å². The highest BCUT2D eigenvalue weighted by Crippen LogP contribution is 2.30. The highest BCUT2D eigenvalue weighted by Gasteiger charge is 2.19. The molecule has 28 heavy (non-hydrogen) atoms. The molecule has 9 nitrogen and oxygen atoms in total. The molecule has 0 radical (unpaired) electrons. The van der Waals surface area contributed by atoms with Gasteiger partial charge in [-0.1, -0.05) is 6.92 Å². The number of hydrogen-bond acceptors (Lipinski definition) is 6. The molecule has 3 aromatic heterocycles. The van der Waals surface area contributed by atoms with E-state index in [9.17, 15) is 8.42 Å². The van der Waals surface area contributed by atoms with Gasteiger partial charge in [0.2, 0.25) is 10.0 Å². The van der Waals surface area contributed by atoms with E-state index >= 15 is 0 Å². The lowest BCUT2D eigenvalue weighted by Crippen LogP contribution is -2.29. The second-order valence-electron chi connectivity index (χ2n) is 6.70. The van der Waals surface area contributed by atoms with Crippen LogP contribution in [-0.4, -0.2) is 50.3 Å². The molecular weight excluding hydrogens is 378 g/mol. The predicted octanol–water partition coefficient (Wildman–Crippen LogP) is 1.97. The Morgan fingerprint density at radius 1 is 1.29 bits per heavy atom. The summed E-state index contributed by atoms with van der Waals surface area (Å²) in [5.74, 6) is 0.847. The number of H-pyrrole nitrogens is 1. The Kier molecular flexibility index (Phi) is 4.31. The van der Waals surface area contributed by atoms with Crippen molar-refractivity contribution in [2.24, 2.45) is 0 Å². The lowest BCUT2D eigenvalue weighted by molar-refractivity contribution is 0.420. The summed E-state index contributed by atoms with van der Waals surface area (Å²) in [6, 6.07) is 5.77. The Morgan fingerprint density at radius 2 is 2.07 bits per heavy atom. The number of rotatable bonds is 5. The van der Waals surface area contributed by atoms with Gasteiger partial charge in [-0.15, -0.1) is 0 Å². The van der Waals surface area contributed by atoms with Gasteiger partial charge >= 0.3 is 0 Å². The van der Waals surface area contributed by atoms with Crippen LogP contribution in [0.25, 0.3) is 27.6 Å². The Balaban J connectivity index is 1.89. The smallest absolute Gasteiger partial charge is 0.211 e. The lowest BCUT2D eigenvalue weighted by atomic mass is 10.1. The number of pyridine rings is 1. The quantitative estimate of drug-likeness (QED) is 0.529. The van der Waals surface area contributed by atoms with Crippen LogP contribution >= 0.6 is 0 Å². The van der Waals surface area contributed by atoms with Crippen LogP contribution in [0, 0.1) is 6.92 Å². The van der Waals surface area contributed by atoms with E-state index in [0.717, 1.165) is 16.6 Å². The first-order chi connectivity index (χ1) is 13.3. The Bertz CT molecular complexity index is 1280. The van der Waals surface area contributed by atoms with E-state index in [1.54, 1.807) is 17.8 Å². The van der Waals surface area contributed by atoms with E-state index in [-0.39, 0.29) is 6.54 Å². The average Bonchev–Trinajstić information content (AvgIpc) is 3.28. The summed E-state index contributed by atoms with van der Waals surface area (Å²) in [5, 5.41) is 5.14. The van der Waals surface area contributed by atoms with E-state index in [0.29, 0.717) is 34.7 Å². The standard InChI is InChI=1S/C18H21N7O2S/c1-4-24(28(3,26)27)10-14-22-16-15-11(2)8-12(25-7-5-6-20-25)9-13(15)21-18(19)17(16)23-14/h5-9H,4,10H2,1-3H3,(H2,19,21)(H,22,23). The molecule has 146 valence electrons. The van der Waals surface area contributed by atoms with Crippen LogP contribution in [0.2, 0.25) is 0 Å². The van der Waals surface area contributed by atoms with Crippen molar-refractivity contribution in [1.82, 2.24) is 29.0 Å². The average molecular weight is 399 g/mol. The molecule has 10 heteroatoms. The van der Waals surface area contributed by atoms with Gasteiger partial charge in [0.25, 0.3) is 0 Å². The maximum Gasteiger partial charge on any atom is 0.211 e. The summed E-state index contributed by atoms with van der Waals surface area (Å²) in [4.78, 5) is 12.3. The molecule has 0 aliphatic carbocycles. The van der Waals surface area contributed by atoms with Crippen LogP contribution in [0.5, 0.6) is 0 Å². The summed E-state index contributed by atoms with van der Waals surface area (Å²) in [7, 11) is -3.33. The van der Waals surface area contributed by atoms with Gasteiger partial charge < -0.3 is 10.7 Å². The fourth-order valence-electron chi connectivity index (χ4n) is 3.38. The summed E-state index contributed by atoms with van der Waals surface area (Å²) in [6.07, 6.45) is 4.76. The van der Waals surface area contributed by atoms with Gasteiger partial charge in [-0.05, 0) is 30.7 Å². The first kappa shape index (κ1) is 18.4. The summed E-state index contributed by atoms with van der Waals surface area (Å²) >= 11 is 0. The van der Waals surface area contributed by atoms with Gasteiger partial charge in [0.15, 0.2) is 0 Å². The maximum atomic E-state index is 11.9. The molecular formula is C18H21N7O2S. The van der Waals surface area contributed by atoms with Crippen LogP contribution < -0.4 is 5.73 Å². The molecule has 0 aliphatic rings. The van der Waals surface area contributed by atoms with Crippen molar-refractivity contribution in [3.8, 4) is 5.69 Å². The number of benzene rings is 1. The highest BCUT2D eigenvalue weighted by molar-refractivity contribution is 7.88. The molecule has 4 rings (SSSR count). The number of fused-ring (bicyclic) bond motifs is 3. The molecule has 0 bridgehead atoms. The van der Waals surface area contributed by atoms with Gasteiger partial charge in [-0.25, -0.2) is 23.1 Å². The van der Waals surface area contributed by atoms with Gasteiger partial charge in [-0.2, -0.15) is 9.40 Å². The molecule has 3 heterocycles. The summed E-state index contributed by atoms with van der Waals surface area (Å²) < 4.78 is 26.9. The van der Waals surface area contributed by atoms with E-state index in [1.807, 2.05) is 31.3 Å². The Hall–Kier alpha value is -2.98. The zero-order chi connectivity index (χ0) is 20.1. The number of aryl methyl sites for hydroxylation is 1. The number of nitrogens with two attached hydrogens (primary N) is 1. The largest absolute Gasteiger partial charge is 0.382 e. The number of imidazole rings is 1. The molecule has 1 aromatic carbocycles. The van der Waals surface area contributed by atoms with Crippen molar-refractivity contribution in [3.63, 3.8) is 0 Å². The van der Waals surface area contributed by atoms with E-state index in [4.69, 9.17) is 5.73 Å². The Morgan fingerprint density at radius 3 is 2.71 bits per heavy atom. The van der Waals surface area contributed by atoms with Crippen molar-refractivity contribution in [3.05, 3.63) is 42.0 Å². The second-order valence-corrected chi connectivity index (χ2v) is 8.68. The van der Waals surface area contributed by atoms with Crippen LogP contribution in [0.1, 0.15) is 18.3 Å². The monoisotopic (exact) mass is 399 g/mol. The van der Waals surface area contributed by atoms with E-state index < -0.39 is 10.0 Å². The number of nitrogen functional groups attached to an aromatic ring is 1. The minimum atomic E-state index is -3.33. The van der Waals surface area contributed by atoms with E-state index in [1.165, 1.54) is 10.6 Å². The number of sulfonamides is 1. The molecule has 4 aromatic rings. The van der Waals surface area contributed by atoms with Gasteiger partial charge in [-0.3, -0.25) is 0 Å². The molecule has 0 unspecified atom stereocenters. The number of aromatic nitrogens is 5. The normalized spacial score (nSPS) is 12.4. The van der Waals surface area contributed by atoms with Crippen LogP contribution in [0.3, 0.4) is 0 Å². The lowest BCUT2D eigenvalue weighted by Gasteiger charge is -2.15. The van der Waals surface area contributed by atoms with Gasteiger partial charge in [0, 0.05) is 24.3 Å². The van der Waals surface area contributed by atoms with Crippen molar-refractivity contribution in [1.29, 1.82) is 0 Å². The predicted molar refractivity (Wildman–Crippen MR) is 109 cm³/mol. The third-order valence-electron chi connectivity index (χ3n) is 4.70. The van der Waals surface area contributed by atoms with Crippen molar-refractivity contribution < 1.29 is 8.42 Å². The van der Waals surface area contributed by atoms with Crippen molar-refractivity contribution >= 4 is 37.8 Å². The number of nitrogens with zero attached hydrogens (tertiary/aromatic N) is 5. The third-order valence-corrected chi connectivity index (χ3v) is 6.03. The fraction of sp³-hybridized carbons (Fsp3) is 0.278. The second kappa shape index (κ2) is 6.57. The minimum absolute atomic E-state index is 0.148. The topological polar surface area (TPSA) is 123 Å². The zero-order valence-corrected chi connectivity index (χ0v) is 16.7. The SMILES string of the molecule is CCN(Cc1nc2c([nH]1)c(N)nc1cc(-n3cccn3)cc(C)c12)S(C)(=O)=O. The molecule has 0 saturated carbocycles. The molecule has 0 spiro atoms. The molecule has 0 aliphatic heterocycles. The molecule has 0 fully saturated rings. The maximum absolute atomic E-state index is 11.9. The van der Waals surface area contributed by atoms with Crippen molar-refractivity contribution in [2.75, 3.05) is 18.5 Å². The number of aromatic amines is 1. The first-order valence-corrected chi connectivity index (χ1v) is 10.7.